The average Bonchev–Trinajstić information content (AvgIpc) is 2.36. The van der Waals surface area contributed by atoms with E-state index in [1.54, 1.807) is 4.90 Å². The van der Waals surface area contributed by atoms with Crippen LogP contribution < -0.4 is 5.32 Å². The average molecular weight is 260 g/mol. The molecule has 1 aliphatic heterocycles. The lowest BCUT2D eigenvalue weighted by Gasteiger charge is -2.31. The maximum absolute atomic E-state index is 12.1. The molecular formula is C16H24N2O. The van der Waals surface area contributed by atoms with E-state index in [9.17, 15) is 4.79 Å². The number of carbonyl (C=O) groups is 1. The lowest BCUT2D eigenvalue weighted by Crippen LogP contribution is -2.47. The summed E-state index contributed by atoms with van der Waals surface area (Å²) < 4.78 is 0. The van der Waals surface area contributed by atoms with E-state index in [0.717, 1.165) is 19.4 Å². The monoisotopic (exact) mass is 260 g/mol. The molecule has 0 radical (unpaired) electrons. The predicted octanol–water partition coefficient (Wildman–Crippen LogP) is 2.23. The Balaban J connectivity index is 2.14. The second-order valence-electron chi connectivity index (χ2n) is 5.88. The van der Waals surface area contributed by atoms with E-state index in [1.807, 2.05) is 14.1 Å². The first-order chi connectivity index (χ1) is 8.97. The van der Waals surface area contributed by atoms with E-state index in [-0.39, 0.29) is 11.9 Å². The molecule has 1 heterocycles. The largest absolute Gasteiger partial charge is 0.347 e. The predicted molar refractivity (Wildman–Crippen MR) is 78.4 cm³/mol. The summed E-state index contributed by atoms with van der Waals surface area (Å²) in [7, 11) is 3.65. The van der Waals surface area contributed by atoms with Gasteiger partial charge < -0.3 is 10.2 Å². The Kier molecular flexibility index (Phi) is 4.25. The topological polar surface area (TPSA) is 32.3 Å². The van der Waals surface area contributed by atoms with Crippen LogP contribution in [0.15, 0.2) is 18.2 Å². The molecule has 1 aromatic rings. The van der Waals surface area contributed by atoms with Crippen molar-refractivity contribution in [3.63, 3.8) is 0 Å². The summed E-state index contributed by atoms with van der Waals surface area (Å²) in [5.41, 5.74) is 4.00. The van der Waals surface area contributed by atoms with Crippen LogP contribution in [-0.2, 0) is 4.79 Å². The SMILES string of the molecule is Cc1cc(C)cc(C2CCNC(C(=O)N(C)C)C2)c1. The molecule has 0 saturated carbocycles. The summed E-state index contributed by atoms with van der Waals surface area (Å²) in [6, 6.07) is 6.70. The standard InChI is InChI=1S/C16H24N2O/c1-11-7-12(2)9-14(8-11)13-5-6-17-15(10-13)16(19)18(3)4/h7-9,13,15,17H,5-6,10H2,1-4H3. The van der Waals surface area contributed by atoms with Crippen LogP contribution in [0.25, 0.3) is 0 Å². The fourth-order valence-electron chi connectivity index (χ4n) is 2.97. The third-order valence-corrected chi connectivity index (χ3v) is 3.86. The zero-order valence-corrected chi connectivity index (χ0v) is 12.4. The molecule has 1 aliphatic rings. The molecule has 2 rings (SSSR count). The number of benzene rings is 1. The van der Waals surface area contributed by atoms with E-state index in [1.165, 1.54) is 16.7 Å². The molecule has 19 heavy (non-hydrogen) atoms. The van der Waals surface area contributed by atoms with Gasteiger partial charge in [0.15, 0.2) is 0 Å². The van der Waals surface area contributed by atoms with Crippen LogP contribution in [-0.4, -0.2) is 37.5 Å². The maximum atomic E-state index is 12.1. The number of rotatable bonds is 2. The van der Waals surface area contributed by atoms with E-state index < -0.39 is 0 Å². The molecule has 0 aliphatic carbocycles. The van der Waals surface area contributed by atoms with Gasteiger partial charge in [-0.05, 0) is 44.7 Å². The third-order valence-electron chi connectivity index (χ3n) is 3.86. The molecule has 1 saturated heterocycles. The quantitative estimate of drug-likeness (QED) is 0.884. The van der Waals surface area contributed by atoms with Gasteiger partial charge in [0.1, 0.15) is 0 Å². The van der Waals surface area contributed by atoms with Gasteiger partial charge in [0.25, 0.3) is 0 Å². The molecule has 2 unspecified atom stereocenters. The zero-order valence-electron chi connectivity index (χ0n) is 12.4. The number of nitrogens with zero attached hydrogens (tertiary/aromatic N) is 1. The number of amides is 1. The number of aryl methyl sites for hydroxylation is 2. The second kappa shape index (κ2) is 5.74. The van der Waals surface area contributed by atoms with Crippen molar-refractivity contribution in [3.05, 3.63) is 34.9 Å². The maximum Gasteiger partial charge on any atom is 0.239 e. The van der Waals surface area contributed by atoms with Gasteiger partial charge in [0.05, 0.1) is 6.04 Å². The van der Waals surface area contributed by atoms with Crippen LogP contribution in [0, 0.1) is 13.8 Å². The Morgan fingerprint density at radius 1 is 1.21 bits per heavy atom. The van der Waals surface area contributed by atoms with Crippen LogP contribution >= 0.6 is 0 Å². The Bertz CT molecular complexity index is 448. The highest BCUT2D eigenvalue weighted by Gasteiger charge is 2.28. The molecule has 1 N–H and O–H groups in total. The molecule has 0 spiro atoms. The van der Waals surface area contributed by atoms with Crippen LogP contribution in [0.3, 0.4) is 0 Å². The summed E-state index contributed by atoms with van der Waals surface area (Å²) in [5.74, 6) is 0.683. The van der Waals surface area contributed by atoms with Crippen LogP contribution in [0.2, 0.25) is 0 Å². The summed E-state index contributed by atoms with van der Waals surface area (Å²) in [6.07, 6.45) is 2.01. The molecule has 3 heteroatoms. The number of likely N-dealkylation sites (N-methyl/N-ethyl adjacent to an activating group) is 1. The second-order valence-corrected chi connectivity index (χ2v) is 5.88. The van der Waals surface area contributed by atoms with Gasteiger partial charge in [-0.3, -0.25) is 4.79 Å². The van der Waals surface area contributed by atoms with Gasteiger partial charge in [0, 0.05) is 14.1 Å². The van der Waals surface area contributed by atoms with E-state index in [4.69, 9.17) is 0 Å². The number of nitrogens with one attached hydrogen (secondary N) is 1. The fraction of sp³-hybridized carbons (Fsp3) is 0.562. The van der Waals surface area contributed by atoms with Gasteiger partial charge in [-0.15, -0.1) is 0 Å². The molecule has 3 nitrogen and oxygen atoms in total. The molecule has 1 amide bonds. The van der Waals surface area contributed by atoms with Gasteiger partial charge >= 0.3 is 0 Å². The Morgan fingerprint density at radius 2 is 1.84 bits per heavy atom. The number of piperidine rings is 1. The summed E-state index contributed by atoms with van der Waals surface area (Å²) >= 11 is 0. The first-order valence-electron chi connectivity index (χ1n) is 7.00. The van der Waals surface area contributed by atoms with Gasteiger partial charge in [-0.2, -0.15) is 0 Å². The Hall–Kier alpha value is -1.35. The van der Waals surface area contributed by atoms with E-state index in [0.29, 0.717) is 5.92 Å². The smallest absolute Gasteiger partial charge is 0.239 e. The van der Waals surface area contributed by atoms with Crippen LogP contribution in [0.4, 0.5) is 0 Å². The molecule has 0 aromatic heterocycles. The molecule has 1 aromatic carbocycles. The first-order valence-corrected chi connectivity index (χ1v) is 7.00. The lowest BCUT2D eigenvalue weighted by atomic mass is 9.85. The van der Waals surface area contributed by atoms with Crippen molar-refractivity contribution in [2.45, 2.75) is 38.6 Å². The number of carbonyl (C=O) groups excluding carboxylic acids is 1. The molecule has 2 atom stereocenters. The highest BCUT2D eigenvalue weighted by Crippen LogP contribution is 2.29. The molecular weight excluding hydrogens is 236 g/mol. The first kappa shape index (κ1) is 14.1. The zero-order chi connectivity index (χ0) is 14.0. The summed E-state index contributed by atoms with van der Waals surface area (Å²) in [4.78, 5) is 13.8. The van der Waals surface area contributed by atoms with Gasteiger partial charge in [-0.1, -0.05) is 29.3 Å². The van der Waals surface area contributed by atoms with Crippen LogP contribution in [0.5, 0.6) is 0 Å². The van der Waals surface area contributed by atoms with Crippen LogP contribution in [0.1, 0.15) is 35.4 Å². The van der Waals surface area contributed by atoms with Crippen molar-refractivity contribution in [1.29, 1.82) is 0 Å². The molecule has 104 valence electrons. The summed E-state index contributed by atoms with van der Waals surface area (Å²) in [6.45, 7) is 5.20. The Labute approximate surface area is 116 Å². The number of hydrogen-bond donors (Lipinski definition) is 1. The van der Waals surface area contributed by atoms with E-state index >= 15 is 0 Å². The lowest BCUT2D eigenvalue weighted by molar-refractivity contribution is -0.131. The van der Waals surface area contributed by atoms with Crippen molar-refractivity contribution < 1.29 is 4.79 Å². The van der Waals surface area contributed by atoms with E-state index in [2.05, 4.69) is 37.4 Å². The minimum atomic E-state index is -0.0328. The van der Waals surface area contributed by atoms with Gasteiger partial charge in [-0.25, -0.2) is 0 Å². The Morgan fingerprint density at radius 3 is 2.42 bits per heavy atom. The highest BCUT2D eigenvalue weighted by atomic mass is 16.2. The van der Waals surface area contributed by atoms with Crippen molar-refractivity contribution in [2.24, 2.45) is 0 Å². The highest BCUT2D eigenvalue weighted by molar-refractivity contribution is 5.81. The third kappa shape index (κ3) is 3.35. The normalized spacial score (nSPS) is 23.2. The van der Waals surface area contributed by atoms with Crippen molar-refractivity contribution in [1.82, 2.24) is 10.2 Å². The minimum absolute atomic E-state index is 0.0328. The molecule has 0 bridgehead atoms. The van der Waals surface area contributed by atoms with Gasteiger partial charge in [0.2, 0.25) is 5.91 Å². The summed E-state index contributed by atoms with van der Waals surface area (Å²) in [5, 5.41) is 3.34. The van der Waals surface area contributed by atoms with Crippen molar-refractivity contribution in [2.75, 3.05) is 20.6 Å². The number of hydrogen-bond acceptors (Lipinski definition) is 2. The molecule has 1 fully saturated rings. The van der Waals surface area contributed by atoms with Crippen molar-refractivity contribution in [3.8, 4) is 0 Å². The minimum Gasteiger partial charge on any atom is -0.347 e. The van der Waals surface area contributed by atoms with Crippen molar-refractivity contribution >= 4 is 5.91 Å². The fourth-order valence-corrected chi connectivity index (χ4v) is 2.97.